The molecule has 0 aliphatic heterocycles. The van der Waals surface area contributed by atoms with Crippen molar-refractivity contribution in [3.63, 3.8) is 0 Å². The van der Waals surface area contributed by atoms with Crippen molar-refractivity contribution in [3.05, 3.63) is 42.0 Å². The van der Waals surface area contributed by atoms with E-state index in [9.17, 15) is 4.79 Å². The van der Waals surface area contributed by atoms with Gasteiger partial charge in [-0.25, -0.2) is 4.79 Å². The van der Waals surface area contributed by atoms with Gasteiger partial charge in [0.15, 0.2) is 0 Å². The minimum Gasteiger partial charge on any atom is -0.463 e. The van der Waals surface area contributed by atoms with Crippen LogP contribution in [0.2, 0.25) is 6.04 Å². The third-order valence-electron chi connectivity index (χ3n) is 3.31. The molecular formula is C17H23Cl3O2Si. The van der Waals surface area contributed by atoms with Crippen LogP contribution >= 0.6 is 33.2 Å². The van der Waals surface area contributed by atoms with Gasteiger partial charge in [-0.3, -0.25) is 0 Å². The van der Waals surface area contributed by atoms with Crippen LogP contribution in [0.1, 0.15) is 44.1 Å². The molecule has 0 heterocycles. The van der Waals surface area contributed by atoms with Crippen LogP contribution in [0.15, 0.2) is 36.4 Å². The molecule has 0 spiro atoms. The topological polar surface area (TPSA) is 26.3 Å². The number of hydrogen-bond donors (Lipinski definition) is 0. The van der Waals surface area contributed by atoms with E-state index in [4.69, 9.17) is 38.0 Å². The van der Waals surface area contributed by atoms with E-state index in [2.05, 4.69) is 0 Å². The molecule has 0 amide bonds. The molecule has 128 valence electrons. The Bertz CT molecular complexity index is 472. The number of benzene rings is 1. The van der Waals surface area contributed by atoms with E-state index in [-0.39, 0.29) is 5.97 Å². The molecule has 1 aromatic carbocycles. The number of halogens is 3. The maximum absolute atomic E-state index is 11.5. The predicted molar refractivity (Wildman–Crippen MR) is 102 cm³/mol. The normalized spacial score (nSPS) is 11.8. The molecule has 0 unspecified atom stereocenters. The Morgan fingerprint density at radius 1 is 0.957 bits per heavy atom. The van der Waals surface area contributed by atoms with E-state index < -0.39 is 6.00 Å². The van der Waals surface area contributed by atoms with Crippen molar-refractivity contribution < 1.29 is 9.53 Å². The van der Waals surface area contributed by atoms with Crippen LogP contribution < -0.4 is 0 Å². The van der Waals surface area contributed by atoms with E-state index in [1.54, 1.807) is 6.08 Å². The van der Waals surface area contributed by atoms with Gasteiger partial charge in [-0.2, -0.15) is 0 Å². The number of ether oxygens (including phenoxy) is 1. The fourth-order valence-corrected chi connectivity index (χ4v) is 3.94. The van der Waals surface area contributed by atoms with Gasteiger partial charge in [0.05, 0.1) is 6.61 Å². The van der Waals surface area contributed by atoms with Gasteiger partial charge in [0, 0.05) is 6.08 Å². The first-order chi connectivity index (χ1) is 11.0. The lowest BCUT2D eigenvalue weighted by atomic mass is 10.1. The third-order valence-corrected chi connectivity index (χ3v) is 5.93. The van der Waals surface area contributed by atoms with Crippen molar-refractivity contribution >= 4 is 51.3 Å². The van der Waals surface area contributed by atoms with Gasteiger partial charge in [0.2, 0.25) is 0 Å². The van der Waals surface area contributed by atoms with Crippen LogP contribution in [0.25, 0.3) is 6.08 Å². The molecule has 0 bridgehead atoms. The van der Waals surface area contributed by atoms with Crippen molar-refractivity contribution in [1.82, 2.24) is 0 Å². The molecule has 0 fully saturated rings. The van der Waals surface area contributed by atoms with E-state index in [1.165, 1.54) is 6.08 Å². The highest BCUT2D eigenvalue weighted by atomic mass is 35.8. The third kappa shape index (κ3) is 12.6. The van der Waals surface area contributed by atoms with Crippen molar-refractivity contribution in [1.29, 1.82) is 0 Å². The molecule has 1 aromatic rings. The van der Waals surface area contributed by atoms with E-state index >= 15 is 0 Å². The maximum Gasteiger partial charge on any atom is 0.341 e. The summed E-state index contributed by atoms with van der Waals surface area (Å²) in [6.07, 6.45) is 9.52. The zero-order valence-corrected chi connectivity index (χ0v) is 16.4. The first-order valence-electron chi connectivity index (χ1n) is 7.94. The molecule has 0 saturated heterocycles. The second kappa shape index (κ2) is 12.0. The monoisotopic (exact) mass is 392 g/mol. The highest BCUT2D eigenvalue weighted by Crippen LogP contribution is 2.27. The molecule has 0 aromatic heterocycles. The van der Waals surface area contributed by atoms with Gasteiger partial charge in [-0.15, -0.1) is 33.2 Å². The molecule has 0 atom stereocenters. The molecule has 0 aliphatic rings. The maximum atomic E-state index is 11.5. The Morgan fingerprint density at radius 3 is 2.22 bits per heavy atom. The summed E-state index contributed by atoms with van der Waals surface area (Å²) in [5.41, 5.74) is 0.988. The fraction of sp³-hybridized carbons (Fsp3) is 0.471. The summed E-state index contributed by atoms with van der Waals surface area (Å²) in [4.78, 5) is 11.5. The average molecular weight is 394 g/mol. The summed E-state index contributed by atoms with van der Waals surface area (Å²) < 4.78 is 5.16. The standard InChI is InChI=1S/C17H23Cl3O2Si/c18-23(19,20)15-9-4-2-1-3-8-14-22-17(21)13-12-16-10-6-5-7-11-16/h5-7,10-13H,1-4,8-9,14-15H2. The number of esters is 1. The quantitative estimate of drug-likeness (QED) is 0.146. The summed E-state index contributed by atoms with van der Waals surface area (Å²) in [6, 6.07) is 7.99. The highest BCUT2D eigenvalue weighted by molar-refractivity contribution is 7.64. The number of unbranched alkanes of at least 4 members (excludes halogenated alkanes) is 5. The zero-order chi connectivity index (χ0) is 17.0. The molecule has 0 saturated carbocycles. The Balaban J connectivity index is 1.96. The minimum atomic E-state index is -2.43. The summed E-state index contributed by atoms with van der Waals surface area (Å²) in [5, 5.41) is 0. The van der Waals surface area contributed by atoms with Crippen LogP contribution in [0, 0.1) is 0 Å². The molecule has 6 heteroatoms. The van der Waals surface area contributed by atoms with Gasteiger partial charge in [0.25, 0.3) is 0 Å². The van der Waals surface area contributed by atoms with Gasteiger partial charge < -0.3 is 4.74 Å². The largest absolute Gasteiger partial charge is 0.463 e. The van der Waals surface area contributed by atoms with Crippen molar-refractivity contribution in [2.24, 2.45) is 0 Å². The molecular weight excluding hydrogens is 371 g/mol. The lowest BCUT2D eigenvalue weighted by Gasteiger charge is -2.06. The van der Waals surface area contributed by atoms with Crippen molar-refractivity contribution in [2.75, 3.05) is 6.61 Å². The lowest BCUT2D eigenvalue weighted by Crippen LogP contribution is -2.07. The lowest BCUT2D eigenvalue weighted by molar-refractivity contribution is -0.137. The Labute approximate surface area is 153 Å². The summed E-state index contributed by atoms with van der Waals surface area (Å²) in [6.45, 7) is 0.471. The number of carbonyl (C=O) groups is 1. The molecule has 0 radical (unpaired) electrons. The summed E-state index contributed by atoms with van der Waals surface area (Å²) >= 11 is 17.5. The average Bonchev–Trinajstić information content (AvgIpc) is 2.51. The van der Waals surface area contributed by atoms with Gasteiger partial charge in [-0.1, -0.05) is 62.4 Å². The predicted octanol–water partition coefficient (Wildman–Crippen LogP) is 6.24. The Kier molecular flexibility index (Phi) is 10.7. The number of carbonyl (C=O) groups excluding carboxylic acids is 1. The van der Waals surface area contributed by atoms with E-state index in [0.29, 0.717) is 6.61 Å². The molecule has 1 rings (SSSR count). The molecule has 0 aliphatic carbocycles. The van der Waals surface area contributed by atoms with E-state index in [1.807, 2.05) is 30.3 Å². The number of rotatable bonds is 11. The molecule has 23 heavy (non-hydrogen) atoms. The summed E-state index contributed by atoms with van der Waals surface area (Å²) in [5.74, 6) is -0.290. The number of hydrogen-bond acceptors (Lipinski definition) is 2. The highest BCUT2D eigenvalue weighted by Gasteiger charge is 2.23. The second-order valence-electron chi connectivity index (χ2n) is 5.40. The molecule has 0 N–H and O–H groups in total. The minimum absolute atomic E-state index is 0.290. The smallest absolute Gasteiger partial charge is 0.341 e. The summed E-state index contributed by atoms with van der Waals surface area (Å²) in [7, 11) is 0. The Hall–Kier alpha value is -0.483. The van der Waals surface area contributed by atoms with Gasteiger partial charge in [0.1, 0.15) is 0 Å². The van der Waals surface area contributed by atoms with Crippen LogP contribution in [0.4, 0.5) is 0 Å². The fourth-order valence-electron chi connectivity index (χ4n) is 2.08. The molecule has 2 nitrogen and oxygen atoms in total. The first-order valence-corrected chi connectivity index (χ1v) is 13.2. The Morgan fingerprint density at radius 2 is 1.57 bits per heavy atom. The van der Waals surface area contributed by atoms with Crippen molar-refractivity contribution in [2.45, 2.75) is 44.6 Å². The van der Waals surface area contributed by atoms with Crippen molar-refractivity contribution in [3.8, 4) is 0 Å². The van der Waals surface area contributed by atoms with Crippen LogP contribution in [-0.2, 0) is 9.53 Å². The van der Waals surface area contributed by atoms with Crippen LogP contribution in [0.5, 0.6) is 0 Å². The SMILES string of the molecule is O=C(C=Cc1ccccc1)OCCCCCCCC[Si](Cl)(Cl)Cl. The van der Waals surface area contributed by atoms with Crippen LogP contribution in [-0.4, -0.2) is 18.6 Å². The van der Waals surface area contributed by atoms with Gasteiger partial charge >= 0.3 is 12.0 Å². The van der Waals surface area contributed by atoms with Gasteiger partial charge in [-0.05, 0) is 24.1 Å². The van der Waals surface area contributed by atoms with E-state index in [0.717, 1.165) is 50.1 Å². The first kappa shape index (κ1) is 20.6. The van der Waals surface area contributed by atoms with Crippen LogP contribution in [0.3, 0.4) is 0 Å². The zero-order valence-electron chi connectivity index (χ0n) is 13.1. The second-order valence-corrected chi connectivity index (χ2v) is 14.7.